The fourth-order valence-corrected chi connectivity index (χ4v) is 13.1. The first kappa shape index (κ1) is 72.1. The molecule has 3 N–H and O–H groups in total. The van der Waals surface area contributed by atoms with Crippen LogP contribution in [-0.2, 0) is 33.8 Å². The van der Waals surface area contributed by atoms with E-state index >= 15 is 0 Å². The summed E-state index contributed by atoms with van der Waals surface area (Å²) in [5, 5.41) is 11.4. The third-order valence-corrected chi connectivity index (χ3v) is 17.2. The van der Waals surface area contributed by atoms with Gasteiger partial charge in [-0.3, -0.25) is 14.7 Å². The molecule has 0 amide bonds. The summed E-state index contributed by atoms with van der Waals surface area (Å²) in [4.78, 5) is 32.3. The Morgan fingerprint density at radius 2 is 0.872 bits per heavy atom. The zero-order valence-corrected chi connectivity index (χ0v) is 53.9. The van der Waals surface area contributed by atoms with Gasteiger partial charge in [-0.2, -0.15) is 0 Å². The summed E-state index contributed by atoms with van der Waals surface area (Å²) in [6.45, 7) is 31.2. The largest absolute Gasteiger partial charge is 0.519 e. The van der Waals surface area contributed by atoms with Crippen molar-refractivity contribution in [2.45, 2.75) is 183 Å². The normalized spacial score (nSPS) is 21.7. The van der Waals surface area contributed by atoms with E-state index in [0.29, 0.717) is 18.1 Å². The number of likely N-dealkylation sites (tertiary alicyclic amines) is 3. The third kappa shape index (κ3) is 28.0. The second kappa shape index (κ2) is 37.3. The summed E-state index contributed by atoms with van der Waals surface area (Å²) in [5.74, 6) is 1.78. The molecule has 4 saturated heterocycles. The van der Waals surface area contributed by atoms with E-state index < -0.39 is 31.4 Å². The molecule has 0 radical (unpaired) electrons. The minimum Gasteiger partial charge on any atom is -0.428 e. The quantitative estimate of drug-likeness (QED) is 0.0338. The van der Waals surface area contributed by atoms with Gasteiger partial charge in [0.05, 0.1) is 6.04 Å². The molecule has 4 aliphatic heterocycles. The van der Waals surface area contributed by atoms with E-state index in [9.17, 15) is 9.59 Å². The van der Waals surface area contributed by atoms with Gasteiger partial charge in [-0.05, 0) is 159 Å². The lowest BCUT2D eigenvalue weighted by Gasteiger charge is -2.20. The predicted octanol–water partition coefficient (Wildman–Crippen LogP) is 15.4. The van der Waals surface area contributed by atoms with Gasteiger partial charge < -0.3 is 25.3 Å². The van der Waals surface area contributed by atoms with Crippen LogP contribution >= 0.6 is 7.92 Å². The van der Waals surface area contributed by atoms with Crippen LogP contribution in [0.25, 0.3) is 10.4 Å². The molecule has 6 aromatic rings. The van der Waals surface area contributed by atoms with Gasteiger partial charge in [-0.15, -0.1) is 0 Å². The van der Waals surface area contributed by atoms with Gasteiger partial charge in [0, 0.05) is 74.4 Å². The summed E-state index contributed by atoms with van der Waals surface area (Å²) in [6.07, 6.45) is 2.70. The number of azide groups is 1. The fourth-order valence-electron chi connectivity index (χ4n) is 10.8. The Labute approximate surface area is 518 Å². The molecular weight excluding hydrogens is 1090 g/mol. The van der Waals surface area contributed by atoms with Gasteiger partial charge in [0.15, 0.2) is 0 Å². The van der Waals surface area contributed by atoms with Crippen molar-refractivity contribution in [2.75, 3.05) is 26.2 Å². The SMILES string of the molecule is C.CC(C)(C)OC(=O)OC(=O)OC(C)(C)C.C[C@@H]1C[C@H](C)N(Cc2ccccc2)C1.C[C@H]1CN[C@@H](C)C1.C[C@H]1C[C@@H](N)CN1Cc1ccccc1.C[C@H]1C[C@@H](N=[N+]=[N-])CN1Cc1ccccc1.c1ccc(P(c2ccccc2)c2ccccc2)cc1. The Morgan fingerprint density at radius 1 is 0.523 bits per heavy atom. The maximum Gasteiger partial charge on any atom is 0.519 e. The summed E-state index contributed by atoms with van der Waals surface area (Å²) < 4.78 is 13.8. The topological polar surface area (TPSA) is 158 Å². The standard InChI is InChI=1S/C18H15P.C13H19N.C12H16N4.C12H18N2.C10H18O5.C6H13N.CH4/c1-4-10-16(11-5-1)19(17-12-6-2-7-13-17)18-14-8-3-9-15-18;1-11-8-12(2)14(9-11)10-13-6-4-3-5-7-13;1-10-7-12(14-15-13)9-16(10)8-11-5-3-2-4-6-11;1-10-7-12(13)9-14(10)8-11-5-3-2-4-6-11;1-9(2,3)14-7(11)13-8(12)15-10(4,5)6;1-5-3-6(2)7-4-5;/h1-15H;3-7,11-12H,8-10H2,1-2H3;2-6,10,12H,7-9H2,1H3;2-6,10,12H,7-9,13H2,1H3;1-6H3;5-7H,3-4H2,1-2H3;1H4/t;11-,12+;2*10-,12+;;5-,6+;/m.100.1./s1. The number of nitrogens with one attached hydrogen (secondary N) is 1. The number of hydrogen-bond donors (Lipinski definition) is 2. The molecular formula is C72H103N8O5P. The van der Waals surface area contributed by atoms with Gasteiger partial charge in [0.1, 0.15) is 11.2 Å². The lowest BCUT2D eigenvalue weighted by atomic mass is 10.1. The van der Waals surface area contributed by atoms with E-state index in [0.717, 1.165) is 69.5 Å². The molecule has 4 heterocycles. The molecule has 4 fully saturated rings. The molecule has 86 heavy (non-hydrogen) atoms. The van der Waals surface area contributed by atoms with Crippen LogP contribution in [0.1, 0.15) is 133 Å². The van der Waals surface area contributed by atoms with E-state index in [1.165, 1.54) is 58.5 Å². The molecule has 13 nitrogen and oxygen atoms in total. The molecule has 0 aromatic heterocycles. The van der Waals surface area contributed by atoms with Crippen molar-refractivity contribution in [3.05, 3.63) is 209 Å². The van der Waals surface area contributed by atoms with Crippen molar-refractivity contribution in [3.8, 4) is 0 Å². The zero-order valence-electron chi connectivity index (χ0n) is 53.0. The smallest absolute Gasteiger partial charge is 0.428 e. The monoisotopic (exact) mass is 1190 g/mol. The highest BCUT2D eigenvalue weighted by atomic mass is 31.1. The average Bonchev–Trinajstić information content (AvgIpc) is 3.79. The van der Waals surface area contributed by atoms with Crippen LogP contribution < -0.4 is 27.0 Å². The molecule has 0 bridgehead atoms. The Morgan fingerprint density at radius 3 is 1.16 bits per heavy atom. The molecule has 0 spiro atoms. The molecule has 4 aliphatic rings. The minimum absolute atomic E-state index is 0. The average molecular weight is 1190 g/mol. The first-order valence-corrected chi connectivity index (χ1v) is 31.8. The number of nitrogens with two attached hydrogens (primary N) is 1. The lowest BCUT2D eigenvalue weighted by molar-refractivity contribution is -0.0294. The number of benzene rings is 6. The molecule has 14 heteroatoms. The van der Waals surface area contributed by atoms with Gasteiger partial charge in [0.2, 0.25) is 0 Å². The number of nitrogens with zero attached hydrogens (tertiary/aromatic N) is 6. The number of rotatable bonds is 10. The second-order valence-corrected chi connectivity index (χ2v) is 27.5. The predicted molar refractivity (Wildman–Crippen MR) is 360 cm³/mol. The van der Waals surface area contributed by atoms with Gasteiger partial charge in [-0.1, -0.05) is 208 Å². The molecule has 10 rings (SSSR count). The lowest BCUT2D eigenvalue weighted by Crippen LogP contribution is -2.29. The van der Waals surface area contributed by atoms with Crippen molar-refractivity contribution in [2.24, 2.45) is 22.7 Å². The molecule has 0 saturated carbocycles. The van der Waals surface area contributed by atoms with E-state index in [2.05, 4.69) is 252 Å². The van der Waals surface area contributed by atoms with E-state index in [-0.39, 0.29) is 13.5 Å². The number of carbonyl (C=O) groups is 2. The van der Waals surface area contributed by atoms with Crippen LogP contribution in [0.5, 0.6) is 0 Å². The zero-order chi connectivity index (χ0) is 61.8. The first-order chi connectivity index (χ1) is 40.5. The number of ether oxygens (including phenoxy) is 3. The highest BCUT2D eigenvalue weighted by Crippen LogP contribution is 2.32. The van der Waals surface area contributed by atoms with Crippen molar-refractivity contribution < 1.29 is 23.8 Å². The van der Waals surface area contributed by atoms with Crippen LogP contribution in [0.3, 0.4) is 0 Å². The van der Waals surface area contributed by atoms with Crippen LogP contribution in [0, 0.1) is 11.8 Å². The highest BCUT2D eigenvalue weighted by molar-refractivity contribution is 7.79. The van der Waals surface area contributed by atoms with Crippen LogP contribution in [-0.4, -0.2) is 101 Å². The Balaban J connectivity index is 0.000000224. The maximum absolute atomic E-state index is 11.0. The third-order valence-electron chi connectivity index (χ3n) is 14.8. The second-order valence-electron chi connectivity index (χ2n) is 25.2. The van der Waals surface area contributed by atoms with Crippen molar-refractivity contribution >= 4 is 36.1 Å². The molecule has 466 valence electrons. The summed E-state index contributed by atoms with van der Waals surface area (Å²) in [6, 6.07) is 67.3. The minimum atomic E-state index is -1.06. The highest BCUT2D eigenvalue weighted by Gasteiger charge is 2.29. The van der Waals surface area contributed by atoms with Crippen LogP contribution in [0.4, 0.5) is 9.59 Å². The van der Waals surface area contributed by atoms with Crippen LogP contribution in [0.15, 0.2) is 187 Å². The summed E-state index contributed by atoms with van der Waals surface area (Å²) in [7, 11) is -0.446. The van der Waals surface area contributed by atoms with Crippen molar-refractivity contribution in [1.29, 1.82) is 0 Å². The van der Waals surface area contributed by atoms with Crippen LogP contribution in [0.2, 0.25) is 0 Å². The number of hydrogen-bond acceptors (Lipinski definition) is 11. The Kier molecular flexibility index (Phi) is 31.3. The van der Waals surface area contributed by atoms with E-state index in [1.54, 1.807) is 41.5 Å². The van der Waals surface area contributed by atoms with Crippen molar-refractivity contribution in [3.63, 3.8) is 0 Å². The van der Waals surface area contributed by atoms with Crippen molar-refractivity contribution in [1.82, 2.24) is 20.0 Å². The van der Waals surface area contributed by atoms with E-state index in [1.807, 2.05) is 6.07 Å². The van der Waals surface area contributed by atoms with Gasteiger partial charge >= 0.3 is 12.3 Å². The fraction of sp³-hybridized carbons (Fsp3) is 0.472. The molecule has 0 unspecified atom stereocenters. The molecule has 0 aliphatic carbocycles. The van der Waals surface area contributed by atoms with Gasteiger partial charge in [-0.25, -0.2) is 9.59 Å². The summed E-state index contributed by atoms with van der Waals surface area (Å²) in [5.41, 5.74) is 17.1. The van der Waals surface area contributed by atoms with Gasteiger partial charge in [0.25, 0.3) is 0 Å². The number of carbonyl (C=O) groups excluding carboxylic acids is 2. The maximum atomic E-state index is 11.0. The van der Waals surface area contributed by atoms with E-state index in [4.69, 9.17) is 20.7 Å². The Bertz CT molecular complexity index is 2650. The summed E-state index contributed by atoms with van der Waals surface area (Å²) >= 11 is 0. The molecule has 8 atom stereocenters. The molecule has 6 aromatic carbocycles. The Hall–Kier alpha value is -6.40. The first-order valence-electron chi connectivity index (χ1n) is 30.5.